The van der Waals surface area contributed by atoms with Crippen molar-refractivity contribution in [3.05, 3.63) is 88.2 Å². The summed E-state index contributed by atoms with van der Waals surface area (Å²) in [4.78, 5) is 30.4. The number of amides is 1. The predicted molar refractivity (Wildman–Crippen MR) is 115 cm³/mol. The van der Waals surface area contributed by atoms with E-state index in [9.17, 15) is 23.3 Å². The maximum atomic E-state index is 12.4. The number of sulfonamides is 1. The Morgan fingerprint density at radius 3 is 2.48 bits per heavy atom. The molecule has 3 aromatic rings. The van der Waals surface area contributed by atoms with E-state index in [2.05, 4.69) is 20.0 Å². The van der Waals surface area contributed by atoms with Crippen molar-refractivity contribution in [3.63, 3.8) is 0 Å². The number of nitrogens with one attached hydrogen (secondary N) is 2. The first-order valence-corrected chi connectivity index (χ1v) is 10.4. The van der Waals surface area contributed by atoms with Gasteiger partial charge in [0, 0.05) is 29.7 Å². The minimum Gasteiger partial charge on any atom is -0.323 e. The summed E-state index contributed by atoms with van der Waals surface area (Å²) in [6, 6.07) is 13.1. The SMILES string of the molecule is Cc1ccnc(NS(=O)(=O)c2ccc(NC(=O)/C=C/c3ccccc3[N+](=O)[O-])cc2)n1. The van der Waals surface area contributed by atoms with E-state index < -0.39 is 20.9 Å². The van der Waals surface area contributed by atoms with Gasteiger partial charge >= 0.3 is 0 Å². The Bertz CT molecular complexity index is 1260. The fraction of sp³-hybridized carbons (Fsp3) is 0.0500. The number of aryl methyl sites for hydroxylation is 1. The van der Waals surface area contributed by atoms with Gasteiger partial charge in [-0.2, -0.15) is 0 Å². The summed E-state index contributed by atoms with van der Waals surface area (Å²) in [6.45, 7) is 1.71. The van der Waals surface area contributed by atoms with Crippen molar-refractivity contribution in [2.24, 2.45) is 0 Å². The average molecular weight is 439 g/mol. The quantitative estimate of drug-likeness (QED) is 0.327. The molecule has 0 bridgehead atoms. The molecule has 158 valence electrons. The Kier molecular flexibility index (Phi) is 6.36. The zero-order valence-electron chi connectivity index (χ0n) is 16.2. The summed E-state index contributed by atoms with van der Waals surface area (Å²) >= 11 is 0. The molecule has 0 aliphatic heterocycles. The molecule has 0 aliphatic carbocycles. The second-order valence-corrected chi connectivity index (χ2v) is 7.97. The molecular weight excluding hydrogens is 422 g/mol. The maximum absolute atomic E-state index is 12.4. The van der Waals surface area contributed by atoms with Gasteiger partial charge in [0.05, 0.1) is 15.4 Å². The highest BCUT2D eigenvalue weighted by Crippen LogP contribution is 2.20. The molecule has 31 heavy (non-hydrogen) atoms. The largest absolute Gasteiger partial charge is 0.323 e. The molecule has 0 aliphatic rings. The Morgan fingerprint density at radius 2 is 1.81 bits per heavy atom. The van der Waals surface area contributed by atoms with Gasteiger partial charge in [0.25, 0.3) is 15.7 Å². The lowest BCUT2D eigenvalue weighted by Crippen LogP contribution is -2.15. The fourth-order valence-corrected chi connectivity index (χ4v) is 3.49. The number of carbonyl (C=O) groups is 1. The van der Waals surface area contributed by atoms with Crippen LogP contribution in [0.15, 0.2) is 71.8 Å². The number of nitrogens with zero attached hydrogens (tertiary/aromatic N) is 3. The topological polar surface area (TPSA) is 144 Å². The summed E-state index contributed by atoms with van der Waals surface area (Å²) in [7, 11) is -3.90. The summed E-state index contributed by atoms with van der Waals surface area (Å²) in [5.74, 6) is -0.572. The molecule has 0 fully saturated rings. The molecule has 1 aromatic heterocycles. The van der Waals surface area contributed by atoms with Crippen molar-refractivity contribution in [2.75, 3.05) is 10.0 Å². The summed E-state index contributed by atoms with van der Waals surface area (Å²) in [6.07, 6.45) is 3.93. The van der Waals surface area contributed by atoms with Crippen molar-refractivity contribution in [3.8, 4) is 0 Å². The van der Waals surface area contributed by atoms with E-state index in [-0.39, 0.29) is 22.1 Å². The van der Waals surface area contributed by atoms with Crippen LogP contribution in [0.1, 0.15) is 11.3 Å². The maximum Gasteiger partial charge on any atom is 0.276 e. The molecule has 0 radical (unpaired) electrons. The summed E-state index contributed by atoms with van der Waals surface area (Å²) in [5.41, 5.74) is 1.13. The van der Waals surface area contributed by atoms with Crippen molar-refractivity contribution in [1.82, 2.24) is 9.97 Å². The summed E-state index contributed by atoms with van der Waals surface area (Å²) in [5, 5.41) is 13.6. The van der Waals surface area contributed by atoms with Gasteiger partial charge in [-0.25, -0.2) is 23.1 Å². The Labute approximate surface area is 177 Å². The van der Waals surface area contributed by atoms with Gasteiger partial charge in [0.2, 0.25) is 11.9 Å². The van der Waals surface area contributed by atoms with Gasteiger partial charge < -0.3 is 5.32 Å². The van der Waals surface area contributed by atoms with Crippen LogP contribution in [-0.2, 0) is 14.8 Å². The number of aromatic nitrogens is 2. The number of benzene rings is 2. The van der Waals surface area contributed by atoms with Gasteiger partial charge in [-0.1, -0.05) is 12.1 Å². The third-order valence-corrected chi connectivity index (χ3v) is 5.34. The van der Waals surface area contributed by atoms with Gasteiger partial charge in [-0.3, -0.25) is 14.9 Å². The number of para-hydroxylation sites is 1. The third kappa shape index (κ3) is 5.70. The van der Waals surface area contributed by atoms with E-state index in [0.29, 0.717) is 11.4 Å². The van der Waals surface area contributed by atoms with Gasteiger partial charge in [-0.15, -0.1) is 0 Å². The van der Waals surface area contributed by atoms with E-state index in [0.717, 1.165) is 6.08 Å². The molecular formula is C20H17N5O5S. The van der Waals surface area contributed by atoms with Crippen molar-refractivity contribution < 1.29 is 18.1 Å². The average Bonchev–Trinajstić information content (AvgIpc) is 2.72. The number of hydrogen-bond donors (Lipinski definition) is 2. The van der Waals surface area contributed by atoms with Crippen LogP contribution in [0.5, 0.6) is 0 Å². The molecule has 11 heteroatoms. The zero-order chi connectivity index (χ0) is 22.4. The number of nitro benzene ring substituents is 1. The lowest BCUT2D eigenvalue weighted by molar-refractivity contribution is -0.385. The number of hydrogen-bond acceptors (Lipinski definition) is 7. The first-order chi connectivity index (χ1) is 14.7. The minimum absolute atomic E-state index is 0.0361. The highest BCUT2D eigenvalue weighted by Gasteiger charge is 2.16. The molecule has 0 unspecified atom stereocenters. The molecule has 10 nitrogen and oxygen atoms in total. The molecule has 1 amide bonds. The second kappa shape index (κ2) is 9.13. The monoisotopic (exact) mass is 439 g/mol. The first kappa shape index (κ1) is 21.6. The molecule has 2 aromatic carbocycles. The van der Waals surface area contributed by atoms with Crippen LogP contribution in [0.4, 0.5) is 17.3 Å². The van der Waals surface area contributed by atoms with Crippen molar-refractivity contribution >= 4 is 39.3 Å². The molecule has 0 saturated carbocycles. The normalized spacial score (nSPS) is 11.3. The van der Waals surface area contributed by atoms with Crippen LogP contribution < -0.4 is 10.0 Å². The van der Waals surface area contributed by atoms with Gasteiger partial charge in [0.15, 0.2) is 0 Å². The van der Waals surface area contributed by atoms with Gasteiger partial charge in [-0.05, 0) is 49.4 Å². The van der Waals surface area contributed by atoms with Crippen LogP contribution in [0.2, 0.25) is 0 Å². The van der Waals surface area contributed by atoms with Crippen LogP contribution >= 0.6 is 0 Å². The molecule has 3 rings (SSSR count). The smallest absolute Gasteiger partial charge is 0.276 e. The highest BCUT2D eigenvalue weighted by molar-refractivity contribution is 7.92. The standard InChI is InChI=1S/C20H17N5O5S/c1-14-12-13-21-20(22-14)24-31(29,30)17-9-7-16(8-10-17)23-19(26)11-6-15-4-2-3-5-18(15)25(27)28/h2-13H,1H3,(H,23,26)(H,21,22,24)/b11-6+. The Hall–Kier alpha value is -4.12. The van der Waals surface area contributed by atoms with E-state index in [4.69, 9.17) is 0 Å². The van der Waals surface area contributed by atoms with Crippen molar-refractivity contribution in [1.29, 1.82) is 0 Å². The first-order valence-electron chi connectivity index (χ1n) is 8.89. The van der Waals surface area contributed by atoms with Crippen molar-refractivity contribution in [2.45, 2.75) is 11.8 Å². The highest BCUT2D eigenvalue weighted by atomic mass is 32.2. The van der Waals surface area contributed by atoms with Crippen LogP contribution in [-0.4, -0.2) is 29.2 Å². The third-order valence-electron chi connectivity index (χ3n) is 4.00. The van der Waals surface area contributed by atoms with Crippen LogP contribution in [0.25, 0.3) is 6.08 Å². The molecule has 0 atom stereocenters. The summed E-state index contributed by atoms with van der Waals surface area (Å²) < 4.78 is 27.2. The zero-order valence-corrected chi connectivity index (χ0v) is 17.0. The number of nitro groups is 1. The lowest BCUT2D eigenvalue weighted by atomic mass is 10.1. The van der Waals surface area contributed by atoms with E-state index in [1.807, 2.05) is 0 Å². The minimum atomic E-state index is -3.90. The molecule has 1 heterocycles. The number of rotatable bonds is 7. The number of carbonyl (C=O) groups excluding carboxylic acids is 1. The van der Waals surface area contributed by atoms with Crippen LogP contribution in [0.3, 0.4) is 0 Å². The molecule has 2 N–H and O–H groups in total. The molecule has 0 spiro atoms. The molecule has 0 saturated heterocycles. The van der Waals surface area contributed by atoms with E-state index in [1.165, 1.54) is 54.7 Å². The lowest BCUT2D eigenvalue weighted by Gasteiger charge is -2.08. The van der Waals surface area contributed by atoms with Crippen LogP contribution in [0, 0.1) is 17.0 Å². The van der Waals surface area contributed by atoms with E-state index in [1.54, 1.807) is 19.1 Å². The Balaban J connectivity index is 1.68. The fourth-order valence-electron chi connectivity index (χ4n) is 2.54. The Morgan fingerprint density at radius 1 is 1.10 bits per heavy atom. The number of anilines is 2. The second-order valence-electron chi connectivity index (χ2n) is 6.29. The predicted octanol–water partition coefficient (Wildman–Crippen LogP) is 3.15. The van der Waals surface area contributed by atoms with Gasteiger partial charge in [0.1, 0.15) is 0 Å². The van der Waals surface area contributed by atoms with E-state index >= 15 is 0 Å².